The number of benzene rings is 1. The zero-order valence-corrected chi connectivity index (χ0v) is 16.2. The van der Waals surface area contributed by atoms with Crippen LogP contribution in [0.25, 0.3) is 0 Å². The SMILES string of the molecule is COCCNC(=S)Nc1nn(Cc2ccc(Cl)cc2Cl)cc1Br. The molecular weight excluding hydrogens is 423 g/mol. The molecule has 124 valence electrons. The van der Waals surface area contributed by atoms with Crippen molar-refractivity contribution in [3.8, 4) is 0 Å². The van der Waals surface area contributed by atoms with Gasteiger partial charge >= 0.3 is 0 Å². The van der Waals surface area contributed by atoms with E-state index in [9.17, 15) is 0 Å². The van der Waals surface area contributed by atoms with Crippen LogP contribution in [0.4, 0.5) is 5.82 Å². The van der Waals surface area contributed by atoms with Crippen molar-refractivity contribution in [2.75, 3.05) is 25.6 Å². The van der Waals surface area contributed by atoms with Crippen molar-refractivity contribution in [1.29, 1.82) is 0 Å². The van der Waals surface area contributed by atoms with Gasteiger partial charge in [-0.05, 0) is 45.8 Å². The molecule has 0 bridgehead atoms. The van der Waals surface area contributed by atoms with E-state index in [0.29, 0.717) is 40.7 Å². The molecule has 1 aromatic carbocycles. The zero-order valence-electron chi connectivity index (χ0n) is 12.3. The van der Waals surface area contributed by atoms with Gasteiger partial charge in [-0.1, -0.05) is 29.3 Å². The summed E-state index contributed by atoms with van der Waals surface area (Å²) in [4.78, 5) is 0. The van der Waals surface area contributed by atoms with Gasteiger partial charge in [0.1, 0.15) is 0 Å². The Kier molecular flexibility index (Phi) is 7.10. The van der Waals surface area contributed by atoms with Crippen molar-refractivity contribution in [2.45, 2.75) is 6.54 Å². The van der Waals surface area contributed by atoms with Crippen LogP contribution in [0.5, 0.6) is 0 Å². The lowest BCUT2D eigenvalue weighted by molar-refractivity contribution is 0.204. The number of nitrogens with zero attached hydrogens (tertiary/aromatic N) is 2. The third-order valence-corrected chi connectivity index (χ3v) is 4.30. The molecule has 1 aromatic heterocycles. The molecule has 0 aliphatic carbocycles. The average Bonchev–Trinajstić information content (AvgIpc) is 2.82. The molecule has 0 saturated carbocycles. The lowest BCUT2D eigenvalue weighted by Crippen LogP contribution is -2.31. The van der Waals surface area contributed by atoms with E-state index in [1.54, 1.807) is 23.9 Å². The first-order valence-corrected chi connectivity index (χ1v) is 8.66. The first-order valence-electron chi connectivity index (χ1n) is 6.70. The minimum absolute atomic E-state index is 0.484. The summed E-state index contributed by atoms with van der Waals surface area (Å²) in [5.41, 5.74) is 0.929. The van der Waals surface area contributed by atoms with Crippen molar-refractivity contribution >= 4 is 62.3 Å². The summed E-state index contributed by atoms with van der Waals surface area (Å²) >= 11 is 20.7. The summed E-state index contributed by atoms with van der Waals surface area (Å²) in [7, 11) is 1.64. The summed E-state index contributed by atoms with van der Waals surface area (Å²) in [6.07, 6.45) is 1.85. The summed E-state index contributed by atoms with van der Waals surface area (Å²) in [5, 5.41) is 12.2. The third-order valence-electron chi connectivity index (χ3n) is 2.89. The van der Waals surface area contributed by atoms with Crippen LogP contribution in [0.1, 0.15) is 5.56 Å². The molecule has 2 N–H and O–H groups in total. The molecule has 9 heteroatoms. The highest BCUT2D eigenvalue weighted by molar-refractivity contribution is 9.10. The number of aromatic nitrogens is 2. The molecule has 0 radical (unpaired) electrons. The average molecular weight is 438 g/mol. The molecule has 23 heavy (non-hydrogen) atoms. The normalized spacial score (nSPS) is 10.6. The molecule has 2 aromatic rings. The summed E-state index contributed by atoms with van der Waals surface area (Å²) in [5.74, 6) is 0.630. The van der Waals surface area contributed by atoms with Gasteiger partial charge in [0.05, 0.1) is 17.6 Å². The van der Waals surface area contributed by atoms with Crippen molar-refractivity contribution < 1.29 is 4.74 Å². The first kappa shape index (κ1) is 18.5. The second-order valence-corrected chi connectivity index (χ2v) is 6.74. The van der Waals surface area contributed by atoms with E-state index < -0.39 is 0 Å². The highest BCUT2D eigenvalue weighted by atomic mass is 79.9. The standard InChI is InChI=1S/C14H15BrCl2N4OS/c1-22-5-4-18-14(23)19-13-11(15)8-21(20-13)7-9-2-3-10(16)6-12(9)17/h2-3,6,8H,4-5,7H2,1H3,(H2,18,19,20,23). The number of anilines is 1. The lowest BCUT2D eigenvalue weighted by atomic mass is 10.2. The Bertz CT molecular complexity index is 695. The second kappa shape index (κ2) is 8.84. The van der Waals surface area contributed by atoms with Crippen molar-refractivity contribution in [2.24, 2.45) is 0 Å². The summed E-state index contributed by atoms with van der Waals surface area (Å²) < 4.78 is 7.52. The van der Waals surface area contributed by atoms with Gasteiger partial charge in [-0.2, -0.15) is 5.10 Å². The summed E-state index contributed by atoms with van der Waals surface area (Å²) in [6.45, 7) is 1.73. The molecule has 0 aliphatic heterocycles. The molecule has 5 nitrogen and oxygen atoms in total. The van der Waals surface area contributed by atoms with Crippen molar-refractivity contribution in [3.63, 3.8) is 0 Å². The number of ether oxygens (including phenoxy) is 1. The maximum absolute atomic E-state index is 6.19. The van der Waals surface area contributed by atoms with Gasteiger partial charge < -0.3 is 15.4 Å². The smallest absolute Gasteiger partial charge is 0.172 e. The van der Waals surface area contributed by atoms with E-state index >= 15 is 0 Å². The number of hydrogen-bond acceptors (Lipinski definition) is 3. The van der Waals surface area contributed by atoms with Crippen LogP contribution in [0.15, 0.2) is 28.9 Å². The minimum atomic E-state index is 0.484. The van der Waals surface area contributed by atoms with E-state index in [1.165, 1.54) is 0 Å². The maximum Gasteiger partial charge on any atom is 0.172 e. The maximum atomic E-state index is 6.19. The minimum Gasteiger partial charge on any atom is -0.383 e. The fourth-order valence-electron chi connectivity index (χ4n) is 1.81. The Morgan fingerprint density at radius 2 is 2.22 bits per heavy atom. The molecular formula is C14H15BrCl2N4OS. The molecule has 2 rings (SSSR count). The first-order chi connectivity index (χ1) is 11.0. The molecule has 1 heterocycles. The molecule has 0 aliphatic rings. The van der Waals surface area contributed by atoms with Gasteiger partial charge in [0.2, 0.25) is 0 Å². The highest BCUT2D eigenvalue weighted by Gasteiger charge is 2.10. The van der Waals surface area contributed by atoms with Crippen LogP contribution in [0.2, 0.25) is 10.0 Å². The van der Waals surface area contributed by atoms with E-state index in [2.05, 4.69) is 31.7 Å². The Labute approximate surface area is 158 Å². The van der Waals surface area contributed by atoms with Crippen LogP contribution in [0, 0.1) is 0 Å². The molecule has 0 fully saturated rings. The predicted molar refractivity (Wildman–Crippen MR) is 102 cm³/mol. The monoisotopic (exact) mass is 436 g/mol. The van der Waals surface area contributed by atoms with Gasteiger partial charge in [0.15, 0.2) is 10.9 Å². The molecule has 0 saturated heterocycles. The number of methoxy groups -OCH3 is 1. The van der Waals surface area contributed by atoms with E-state index in [-0.39, 0.29) is 0 Å². The van der Waals surface area contributed by atoms with E-state index in [0.717, 1.165) is 10.0 Å². The number of rotatable bonds is 6. The fourth-order valence-corrected chi connectivity index (χ4v) is 2.89. The van der Waals surface area contributed by atoms with Crippen LogP contribution in [-0.4, -0.2) is 35.2 Å². The molecule has 0 atom stereocenters. The molecule has 0 amide bonds. The van der Waals surface area contributed by atoms with Gasteiger partial charge in [-0.25, -0.2) is 0 Å². The second-order valence-electron chi connectivity index (χ2n) is 4.63. The van der Waals surface area contributed by atoms with E-state index in [4.69, 9.17) is 40.2 Å². The number of hydrogen-bond donors (Lipinski definition) is 2. The largest absolute Gasteiger partial charge is 0.383 e. The Hall–Kier alpha value is -0.860. The van der Waals surface area contributed by atoms with Crippen LogP contribution >= 0.6 is 51.3 Å². The van der Waals surface area contributed by atoms with Crippen molar-refractivity contribution in [3.05, 3.63) is 44.5 Å². The van der Waals surface area contributed by atoms with E-state index in [1.807, 2.05) is 12.3 Å². The fraction of sp³-hybridized carbons (Fsp3) is 0.286. The van der Waals surface area contributed by atoms with Gasteiger partial charge in [-0.3, -0.25) is 4.68 Å². The molecule has 0 unspecified atom stereocenters. The van der Waals surface area contributed by atoms with Gasteiger partial charge in [0, 0.05) is 29.9 Å². The Balaban J connectivity index is 2.01. The summed E-state index contributed by atoms with van der Waals surface area (Å²) in [6, 6.07) is 5.39. The van der Waals surface area contributed by atoms with Crippen LogP contribution < -0.4 is 10.6 Å². The van der Waals surface area contributed by atoms with Crippen LogP contribution in [-0.2, 0) is 11.3 Å². The zero-order chi connectivity index (χ0) is 16.8. The Morgan fingerprint density at radius 1 is 1.43 bits per heavy atom. The lowest BCUT2D eigenvalue weighted by Gasteiger charge is -2.08. The third kappa shape index (κ3) is 5.61. The molecule has 0 spiro atoms. The van der Waals surface area contributed by atoms with Crippen molar-refractivity contribution in [1.82, 2.24) is 15.1 Å². The van der Waals surface area contributed by atoms with Gasteiger partial charge in [0.25, 0.3) is 0 Å². The Morgan fingerprint density at radius 3 is 2.91 bits per heavy atom. The highest BCUT2D eigenvalue weighted by Crippen LogP contribution is 2.24. The van der Waals surface area contributed by atoms with Crippen LogP contribution in [0.3, 0.4) is 0 Å². The number of halogens is 3. The predicted octanol–water partition coefficient (Wildman–Crippen LogP) is 3.93. The number of nitrogens with one attached hydrogen (secondary N) is 2. The number of thiocarbonyl (C=S) groups is 1. The van der Waals surface area contributed by atoms with Gasteiger partial charge in [-0.15, -0.1) is 0 Å². The quantitative estimate of drug-likeness (QED) is 0.529. The topological polar surface area (TPSA) is 51.1 Å².